The first-order valence-electron chi connectivity index (χ1n) is 6.56. The van der Waals surface area contributed by atoms with Gasteiger partial charge in [0.05, 0.1) is 4.47 Å². The van der Waals surface area contributed by atoms with E-state index in [4.69, 9.17) is 22.1 Å². The Balaban J connectivity index is 2.13. The molecule has 4 heteroatoms. The molecule has 2 aromatic carbocycles. The second-order valence-electron chi connectivity index (χ2n) is 4.70. The Morgan fingerprint density at radius 1 is 1.25 bits per heavy atom. The Labute approximate surface area is 133 Å². The first-order valence-corrected chi connectivity index (χ1v) is 7.73. The maximum absolute atomic E-state index is 5.97. The molecule has 0 aliphatic carbocycles. The van der Waals surface area contributed by atoms with E-state index in [2.05, 4.69) is 28.9 Å². The molecule has 2 N–H and O–H groups in total. The minimum absolute atomic E-state index is 0.196. The van der Waals surface area contributed by atoms with Crippen molar-refractivity contribution < 1.29 is 4.74 Å². The Kier molecular flexibility index (Phi) is 5.46. The molecule has 1 atom stereocenters. The Hall–Kier alpha value is -1.03. The van der Waals surface area contributed by atoms with Crippen molar-refractivity contribution in [1.82, 2.24) is 0 Å². The standard InChI is InChI=1S/C16H17BrClNO/c1-2-13(19)8-11-6-7-16(15(17)9-11)20-14-5-3-4-12(18)10-14/h3-7,9-10,13H,2,8,19H2,1H3. The molecule has 1 unspecified atom stereocenters. The van der Waals surface area contributed by atoms with Gasteiger partial charge in [-0.3, -0.25) is 0 Å². The van der Waals surface area contributed by atoms with Crippen molar-refractivity contribution in [1.29, 1.82) is 0 Å². The van der Waals surface area contributed by atoms with Crippen LogP contribution in [-0.4, -0.2) is 6.04 Å². The molecule has 20 heavy (non-hydrogen) atoms. The molecule has 106 valence electrons. The quantitative estimate of drug-likeness (QED) is 0.803. The molecule has 0 aromatic heterocycles. The van der Waals surface area contributed by atoms with Gasteiger partial charge in [0.1, 0.15) is 11.5 Å². The number of rotatable bonds is 5. The van der Waals surface area contributed by atoms with Gasteiger partial charge < -0.3 is 10.5 Å². The van der Waals surface area contributed by atoms with Crippen LogP contribution in [0.3, 0.4) is 0 Å². The largest absolute Gasteiger partial charge is 0.456 e. The summed E-state index contributed by atoms with van der Waals surface area (Å²) in [5.41, 5.74) is 7.17. The third-order valence-corrected chi connectivity index (χ3v) is 3.90. The van der Waals surface area contributed by atoms with Crippen molar-refractivity contribution in [3.8, 4) is 11.5 Å². The third-order valence-electron chi connectivity index (χ3n) is 3.04. The average Bonchev–Trinajstić information content (AvgIpc) is 2.42. The van der Waals surface area contributed by atoms with Gasteiger partial charge in [0, 0.05) is 11.1 Å². The van der Waals surface area contributed by atoms with Crippen LogP contribution in [0.4, 0.5) is 0 Å². The molecule has 0 fully saturated rings. The van der Waals surface area contributed by atoms with E-state index in [9.17, 15) is 0 Å². The molecule has 0 radical (unpaired) electrons. The zero-order valence-electron chi connectivity index (χ0n) is 11.3. The molecule has 2 rings (SSSR count). The lowest BCUT2D eigenvalue weighted by atomic mass is 10.0. The number of hydrogen-bond acceptors (Lipinski definition) is 2. The highest BCUT2D eigenvalue weighted by atomic mass is 79.9. The van der Waals surface area contributed by atoms with Gasteiger partial charge in [0.25, 0.3) is 0 Å². The van der Waals surface area contributed by atoms with Gasteiger partial charge in [-0.25, -0.2) is 0 Å². The average molecular weight is 355 g/mol. The van der Waals surface area contributed by atoms with Crippen LogP contribution in [0.25, 0.3) is 0 Å². The summed E-state index contributed by atoms with van der Waals surface area (Å²) < 4.78 is 6.73. The van der Waals surface area contributed by atoms with Crippen LogP contribution in [-0.2, 0) is 6.42 Å². The van der Waals surface area contributed by atoms with E-state index in [0.29, 0.717) is 5.02 Å². The van der Waals surface area contributed by atoms with E-state index in [0.717, 1.165) is 28.8 Å². The first kappa shape index (κ1) is 15.4. The molecule has 0 aliphatic heterocycles. The number of ether oxygens (including phenoxy) is 1. The number of halogens is 2. The van der Waals surface area contributed by atoms with Gasteiger partial charge in [0.2, 0.25) is 0 Å². The molecule has 0 amide bonds. The van der Waals surface area contributed by atoms with Crippen molar-refractivity contribution in [2.45, 2.75) is 25.8 Å². The lowest BCUT2D eigenvalue weighted by Crippen LogP contribution is -2.21. The van der Waals surface area contributed by atoms with Gasteiger partial charge in [-0.05, 0) is 64.7 Å². The predicted octanol–water partition coefficient (Wildman–Crippen LogP) is 5.17. The lowest BCUT2D eigenvalue weighted by molar-refractivity contribution is 0.479. The van der Waals surface area contributed by atoms with E-state index < -0.39 is 0 Å². The fourth-order valence-electron chi connectivity index (χ4n) is 1.86. The monoisotopic (exact) mass is 353 g/mol. The highest BCUT2D eigenvalue weighted by Crippen LogP contribution is 2.31. The van der Waals surface area contributed by atoms with Gasteiger partial charge in [-0.2, -0.15) is 0 Å². The van der Waals surface area contributed by atoms with Crippen molar-refractivity contribution >= 4 is 27.5 Å². The van der Waals surface area contributed by atoms with Crippen LogP contribution in [0.15, 0.2) is 46.9 Å². The van der Waals surface area contributed by atoms with Crippen molar-refractivity contribution in [2.24, 2.45) is 5.73 Å². The molecule has 2 aromatic rings. The zero-order chi connectivity index (χ0) is 14.5. The lowest BCUT2D eigenvalue weighted by Gasteiger charge is -2.12. The topological polar surface area (TPSA) is 35.2 Å². The third kappa shape index (κ3) is 4.23. The van der Waals surface area contributed by atoms with Crippen LogP contribution in [0, 0.1) is 0 Å². The van der Waals surface area contributed by atoms with E-state index >= 15 is 0 Å². The predicted molar refractivity (Wildman–Crippen MR) is 87.6 cm³/mol. The van der Waals surface area contributed by atoms with Gasteiger partial charge >= 0.3 is 0 Å². The Morgan fingerprint density at radius 3 is 2.70 bits per heavy atom. The molecule has 0 bridgehead atoms. The molecular weight excluding hydrogens is 338 g/mol. The molecule has 0 spiro atoms. The molecular formula is C16H17BrClNO. The van der Waals surface area contributed by atoms with Gasteiger partial charge in [-0.1, -0.05) is 30.7 Å². The SMILES string of the molecule is CCC(N)Cc1ccc(Oc2cccc(Cl)c2)c(Br)c1. The smallest absolute Gasteiger partial charge is 0.141 e. The fourth-order valence-corrected chi connectivity index (χ4v) is 2.55. The number of nitrogens with two attached hydrogens (primary N) is 1. The number of hydrogen-bond donors (Lipinski definition) is 1. The Bertz CT molecular complexity index is 588. The van der Waals surface area contributed by atoms with E-state index in [-0.39, 0.29) is 6.04 Å². The maximum atomic E-state index is 5.97. The fraction of sp³-hybridized carbons (Fsp3) is 0.250. The summed E-state index contributed by atoms with van der Waals surface area (Å²) in [6, 6.07) is 13.6. The second kappa shape index (κ2) is 7.11. The molecule has 0 saturated heterocycles. The summed E-state index contributed by atoms with van der Waals surface area (Å²) in [6.07, 6.45) is 1.84. The van der Waals surface area contributed by atoms with Gasteiger partial charge in [0.15, 0.2) is 0 Å². The molecule has 0 saturated carbocycles. The van der Waals surface area contributed by atoms with Crippen LogP contribution >= 0.6 is 27.5 Å². The van der Waals surface area contributed by atoms with Crippen LogP contribution in [0.2, 0.25) is 5.02 Å². The summed E-state index contributed by atoms with van der Waals surface area (Å²) in [7, 11) is 0. The Morgan fingerprint density at radius 2 is 2.05 bits per heavy atom. The van der Waals surface area contributed by atoms with Crippen LogP contribution in [0.5, 0.6) is 11.5 Å². The zero-order valence-corrected chi connectivity index (χ0v) is 13.6. The minimum atomic E-state index is 0.196. The molecule has 0 aliphatic rings. The van der Waals surface area contributed by atoms with E-state index in [1.165, 1.54) is 5.56 Å². The van der Waals surface area contributed by atoms with Crippen LogP contribution in [0.1, 0.15) is 18.9 Å². The van der Waals surface area contributed by atoms with Crippen molar-refractivity contribution in [3.05, 3.63) is 57.5 Å². The second-order valence-corrected chi connectivity index (χ2v) is 5.99. The highest BCUT2D eigenvalue weighted by molar-refractivity contribution is 9.10. The van der Waals surface area contributed by atoms with E-state index in [1.807, 2.05) is 30.3 Å². The minimum Gasteiger partial charge on any atom is -0.456 e. The summed E-state index contributed by atoms with van der Waals surface area (Å²) in [4.78, 5) is 0. The number of benzene rings is 2. The normalized spacial score (nSPS) is 12.2. The summed E-state index contributed by atoms with van der Waals surface area (Å²) in [6.45, 7) is 2.09. The summed E-state index contributed by atoms with van der Waals surface area (Å²) >= 11 is 9.48. The van der Waals surface area contributed by atoms with Crippen molar-refractivity contribution in [2.75, 3.05) is 0 Å². The van der Waals surface area contributed by atoms with Crippen LogP contribution < -0.4 is 10.5 Å². The summed E-state index contributed by atoms with van der Waals surface area (Å²) in [5, 5.41) is 0.657. The van der Waals surface area contributed by atoms with E-state index in [1.54, 1.807) is 6.07 Å². The highest BCUT2D eigenvalue weighted by Gasteiger charge is 2.07. The maximum Gasteiger partial charge on any atom is 0.141 e. The van der Waals surface area contributed by atoms with Gasteiger partial charge in [-0.15, -0.1) is 0 Å². The first-order chi connectivity index (χ1) is 9.58. The molecule has 2 nitrogen and oxygen atoms in total. The van der Waals surface area contributed by atoms with Crippen molar-refractivity contribution in [3.63, 3.8) is 0 Å². The summed E-state index contributed by atoms with van der Waals surface area (Å²) in [5.74, 6) is 1.48. The molecule has 0 heterocycles.